The number of Topliss-reactive ketones (excluding diaryl/α,β-unsaturated/α-hetero) is 1. The fraction of sp³-hybridized carbons (Fsp3) is 0.211. The van der Waals surface area contributed by atoms with E-state index in [0.29, 0.717) is 29.9 Å². The highest BCUT2D eigenvalue weighted by Gasteiger charge is 2.12. The quantitative estimate of drug-likeness (QED) is 0.700. The summed E-state index contributed by atoms with van der Waals surface area (Å²) in [6.45, 7) is 0. The van der Waals surface area contributed by atoms with E-state index in [9.17, 15) is 4.79 Å². The molecule has 0 amide bonds. The van der Waals surface area contributed by atoms with E-state index < -0.39 is 0 Å². The van der Waals surface area contributed by atoms with E-state index in [0.717, 1.165) is 11.1 Å². The monoisotopic (exact) mass is 309 g/mol. The molecule has 1 N–H and O–H groups in total. The number of aryl methyl sites for hydroxylation is 1. The molecule has 0 aliphatic carbocycles. The van der Waals surface area contributed by atoms with Crippen LogP contribution in [0.4, 0.5) is 0 Å². The van der Waals surface area contributed by atoms with Gasteiger partial charge in [-0.25, -0.2) is 0 Å². The molecule has 3 aromatic rings. The molecule has 0 saturated heterocycles. The van der Waals surface area contributed by atoms with Gasteiger partial charge < -0.3 is 14.5 Å². The van der Waals surface area contributed by atoms with Crippen molar-refractivity contribution >= 4 is 16.7 Å². The highest BCUT2D eigenvalue weighted by atomic mass is 16.5. The summed E-state index contributed by atoms with van der Waals surface area (Å²) in [6.07, 6.45) is 3.14. The number of ketones is 1. The molecule has 0 spiro atoms. The molecule has 2 aromatic carbocycles. The van der Waals surface area contributed by atoms with Crippen LogP contribution in [-0.4, -0.2) is 25.0 Å². The molecule has 0 saturated carbocycles. The summed E-state index contributed by atoms with van der Waals surface area (Å²) in [6, 6.07) is 13.4. The first-order chi connectivity index (χ1) is 11.2. The molecule has 0 aliphatic heterocycles. The smallest absolute Gasteiger partial charge is 0.163 e. The second-order valence-corrected chi connectivity index (χ2v) is 5.35. The van der Waals surface area contributed by atoms with Crippen LogP contribution in [-0.2, 0) is 6.42 Å². The van der Waals surface area contributed by atoms with Crippen molar-refractivity contribution in [2.75, 3.05) is 14.2 Å². The number of ether oxygens (including phenoxy) is 2. The molecule has 1 aromatic heterocycles. The van der Waals surface area contributed by atoms with E-state index in [1.165, 1.54) is 5.39 Å². The number of rotatable bonds is 6. The normalized spacial score (nSPS) is 10.7. The second kappa shape index (κ2) is 6.57. The molecule has 4 heteroatoms. The van der Waals surface area contributed by atoms with Gasteiger partial charge in [-0.1, -0.05) is 18.2 Å². The molecule has 3 rings (SSSR count). The maximum Gasteiger partial charge on any atom is 0.163 e. The lowest BCUT2D eigenvalue weighted by atomic mass is 10.0. The van der Waals surface area contributed by atoms with Gasteiger partial charge >= 0.3 is 0 Å². The number of para-hydroxylation sites is 1. The lowest BCUT2D eigenvalue weighted by Crippen LogP contribution is -2.02. The molecule has 118 valence electrons. The molecule has 0 unspecified atom stereocenters. The number of carbonyl (C=O) groups is 1. The molecule has 0 fully saturated rings. The molecule has 23 heavy (non-hydrogen) atoms. The minimum atomic E-state index is 0.0937. The Morgan fingerprint density at radius 2 is 1.83 bits per heavy atom. The predicted octanol–water partition coefficient (Wildman–Crippen LogP) is 4.00. The fourth-order valence-electron chi connectivity index (χ4n) is 2.74. The van der Waals surface area contributed by atoms with Gasteiger partial charge in [0.05, 0.1) is 14.2 Å². The van der Waals surface area contributed by atoms with Gasteiger partial charge in [-0.2, -0.15) is 0 Å². The first-order valence-electron chi connectivity index (χ1n) is 7.53. The van der Waals surface area contributed by atoms with E-state index in [2.05, 4.69) is 11.1 Å². The second-order valence-electron chi connectivity index (χ2n) is 5.35. The van der Waals surface area contributed by atoms with Crippen molar-refractivity contribution in [3.8, 4) is 11.5 Å². The number of aromatic amines is 1. The van der Waals surface area contributed by atoms with E-state index in [1.807, 2.05) is 24.4 Å². The summed E-state index contributed by atoms with van der Waals surface area (Å²) in [5, 5.41) is 1.17. The Balaban J connectivity index is 1.74. The summed E-state index contributed by atoms with van der Waals surface area (Å²) in [7, 11) is 3.15. The van der Waals surface area contributed by atoms with Crippen LogP contribution in [0.5, 0.6) is 11.5 Å². The van der Waals surface area contributed by atoms with Crippen LogP contribution < -0.4 is 9.47 Å². The van der Waals surface area contributed by atoms with Crippen LogP contribution in [0.2, 0.25) is 0 Å². The Labute approximate surface area is 135 Å². The summed E-state index contributed by atoms with van der Waals surface area (Å²) in [5.41, 5.74) is 2.90. The van der Waals surface area contributed by atoms with Crippen LogP contribution in [0, 0.1) is 0 Å². The lowest BCUT2D eigenvalue weighted by molar-refractivity contribution is 0.0982. The van der Waals surface area contributed by atoms with Crippen molar-refractivity contribution in [3.63, 3.8) is 0 Å². The summed E-state index contributed by atoms with van der Waals surface area (Å²) >= 11 is 0. The van der Waals surface area contributed by atoms with Gasteiger partial charge in [-0.05, 0) is 36.2 Å². The Bertz CT molecular complexity index is 836. The van der Waals surface area contributed by atoms with Gasteiger partial charge in [0.2, 0.25) is 0 Å². The minimum Gasteiger partial charge on any atom is -0.493 e. The molecular formula is C19H19NO3. The van der Waals surface area contributed by atoms with Crippen molar-refractivity contribution < 1.29 is 14.3 Å². The van der Waals surface area contributed by atoms with E-state index in [4.69, 9.17) is 9.47 Å². The predicted molar refractivity (Wildman–Crippen MR) is 90.5 cm³/mol. The zero-order chi connectivity index (χ0) is 16.2. The largest absolute Gasteiger partial charge is 0.493 e. The number of nitrogens with one attached hydrogen (secondary N) is 1. The number of hydrogen-bond donors (Lipinski definition) is 1. The van der Waals surface area contributed by atoms with Gasteiger partial charge in [0.1, 0.15) is 0 Å². The third-order valence-electron chi connectivity index (χ3n) is 4.00. The maximum atomic E-state index is 12.4. The Morgan fingerprint density at radius 3 is 2.61 bits per heavy atom. The Kier molecular flexibility index (Phi) is 4.33. The van der Waals surface area contributed by atoms with Crippen LogP contribution in [0.1, 0.15) is 22.3 Å². The first kappa shape index (κ1) is 15.2. The van der Waals surface area contributed by atoms with Gasteiger partial charge in [0.15, 0.2) is 17.3 Å². The van der Waals surface area contributed by atoms with Crippen LogP contribution in [0.15, 0.2) is 48.7 Å². The highest BCUT2D eigenvalue weighted by molar-refractivity contribution is 5.97. The van der Waals surface area contributed by atoms with Crippen LogP contribution in [0.3, 0.4) is 0 Å². The number of carbonyl (C=O) groups excluding carboxylic acids is 1. The third kappa shape index (κ3) is 3.06. The minimum absolute atomic E-state index is 0.0937. The molecule has 4 nitrogen and oxygen atoms in total. The summed E-state index contributed by atoms with van der Waals surface area (Å²) in [4.78, 5) is 15.7. The van der Waals surface area contributed by atoms with Crippen LogP contribution >= 0.6 is 0 Å². The van der Waals surface area contributed by atoms with Crippen molar-refractivity contribution in [3.05, 3.63) is 59.8 Å². The zero-order valence-corrected chi connectivity index (χ0v) is 13.3. The van der Waals surface area contributed by atoms with Crippen molar-refractivity contribution in [2.45, 2.75) is 12.8 Å². The Morgan fingerprint density at radius 1 is 1.04 bits per heavy atom. The standard InChI is InChI=1S/C19H19NO3/c1-22-18-10-8-13(11-19(18)23-2)17(21)9-7-14-12-20-16-6-4-3-5-15(14)16/h3-6,8,10-12,20H,7,9H2,1-2H3. The van der Waals surface area contributed by atoms with E-state index in [-0.39, 0.29) is 5.78 Å². The summed E-state index contributed by atoms with van der Waals surface area (Å²) < 4.78 is 10.5. The SMILES string of the molecule is COc1ccc(C(=O)CCc2c[nH]c3ccccc23)cc1OC. The zero-order valence-electron chi connectivity index (χ0n) is 13.3. The van der Waals surface area contributed by atoms with Gasteiger partial charge in [0.25, 0.3) is 0 Å². The molecule has 0 atom stereocenters. The molecular weight excluding hydrogens is 290 g/mol. The molecule has 1 heterocycles. The first-order valence-corrected chi connectivity index (χ1v) is 7.53. The summed E-state index contributed by atoms with van der Waals surface area (Å²) in [5.74, 6) is 1.29. The van der Waals surface area contributed by atoms with Crippen molar-refractivity contribution in [1.29, 1.82) is 0 Å². The van der Waals surface area contributed by atoms with Gasteiger partial charge in [-0.15, -0.1) is 0 Å². The number of methoxy groups -OCH3 is 2. The molecule has 0 bridgehead atoms. The molecule has 0 radical (unpaired) electrons. The average molecular weight is 309 g/mol. The number of hydrogen-bond acceptors (Lipinski definition) is 3. The van der Waals surface area contributed by atoms with Gasteiger partial charge in [-0.3, -0.25) is 4.79 Å². The number of benzene rings is 2. The van der Waals surface area contributed by atoms with Gasteiger partial charge in [0, 0.05) is 29.1 Å². The fourth-order valence-corrected chi connectivity index (χ4v) is 2.74. The number of fused-ring (bicyclic) bond motifs is 1. The topological polar surface area (TPSA) is 51.3 Å². The number of H-pyrrole nitrogens is 1. The van der Waals surface area contributed by atoms with E-state index >= 15 is 0 Å². The third-order valence-corrected chi connectivity index (χ3v) is 4.00. The number of aromatic nitrogens is 1. The van der Waals surface area contributed by atoms with Crippen molar-refractivity contribution in [1.82, 2.24) is 4.98 Å². The lowest BCUT2D eigenvalue weighted by Gasteiger charge is -2.09. The highest BCUT2D eigenvalue weighted by Crippen LogP contribution is 2.28. The van der Waals surface area contributed by atoms with Crippen molar-refractivity contribution in [2.24, 2.45) is 0 Å². The van der Waals surface area contributed by atoms with E-state index in [1.54, 1.807) is 32.4 Å². The average Bonchev–Trinajstić information content (AvgIpc) is 3.02. The maximum absolute atomic E-state index is 12.4. The van der Waals surface area contributed by atoms with Crippen LogP contribution in [0.25, 0.3) is 10.9 Å². The Hall–Kier alpha value is -2.75. The molecule has 0 aliphatic rings.